The third-order valence-electron chi connectivity index (χ3n) is 4.09. The van der Waals surface area contributed by atoms with Crippen LogP contribution in [-0.4, -0.2) is 25.3 Å². The molecule has 0 bridgehead atoms. The molecule has 0 aromatic heterocycles. The molecule has 0 saturated heterocycles. The van der Waals surface area contributed by atoms with Gasteiger partial charge in [-0.05, 0) is 58.9 Å². The quantitative estimate of drug-likeness (QED) is 0.716. The van der Waals surface area contributed by atoms with Crippen LogP contribution in [0.4, 0.5) is 0 Å². The van der Waals surface area contributed by atoms with E-state index in [-0.39, 0.29) is 5.60 Å². The van der Waals surface area contributed by atoms with Gasteiger partial charge in [0, 0.05) is 12.6 Å². The van der Waals surface area contributed by atoms with Gasteiger partial charge >= 0.3 is 0 Å². The van der Waals surface area contributed by atoms with Crippen LogP contribution in [0.1, 0.15) is 52.9 Å². The van der Waals surface area contributed by atoms with Crippen molar-refractivity contribution in [1.29, 1.82) is 0 Å². The third kappa shape index (κ3) is 3.82. The Morgan fingerprint density at radius 1 is 1.47 bits per heavy atom. The van der Waals surface area contributed by atoms with Gasteiger partial charge in [-0.2, -0.15) is 0 Å². The van der Waals surface area contributed by atoms with Crippen molar-refractivity contribution in [1.82, 2.24) is 5.32 Å². The van der Waals surface area contributed by atoms with Gasteiger partial charge in [0.15, 0.2) is 0 Å². The Morgan fingerprint density at radius 2 is 2.06 bits per heavy atom. The van der Waals surface area contributed by atoms with Gasteiger partial charge in [0.25, 0.3) is 0 Å². The molecular formula is C15H29NO. The van der Waals surface area contributed by atoms with Crippen LogP contribution in [0, 0.1) is 5.92 Å². The Morgan fingerprint density at radius 3 is 2.47 bits per heavy atom. The van der Waals surface area contributed by atoms with Crippen LogP contribution in [-0.2, 0) is 4.74 Å². The summed E-state index contributed by atoms with van der Waals surface area (Å²) in [5.74, 6) is 0.853. The van der Waals surface area contributed by atoms with Crippen LogP contribution in [0.2, 0.25) is 0 Å². The maximum absolute atomic E-state index is 6.17. The smallest absolute Gasteiger partial charge is 0.0837 e. The molecule has 0 amide bonds. The lowest BCUT2D eigenvalue weighted by Crippen LogP contribution is -2.53. The highest BCUT2D eigenvalue weighted by Crippen LogP contribution is 2.38. The van der Waals surface area contributed by atoms with E-state index in [0.717, 1.165) is 18.9 Å². The Hall–Kier alpha value is -0.340. The zero-order valence-electron chi connectivity index (χ0n) is 12.0. The van der Waals surface area contributed by atoms with Crippen molar-refractivity contribution in [2.45, 2.75) is 64.5 Å². The average molecular weight is 239 g/mol. The summed E-state index contributed by atoms with van der Waals surface area (Å²) < 4.78 is 6.17. The summed E-state index contributed by atoms with van der Waals surface area (Å²) in [6.07, 6.45) is 5.95. The molecule has 17 heavy (non-hydrogen) atoms. The maximum atomic E-state index is 6.17. The summed E-state index contributed by atoms with van der Waals surface area (Å²) in [5, 5.41) is 3.46. The van der Waals surface area contributed by atoms with Gasteiger partial charge < -0.3 is 10.1 Å². The highest BCUT2D eigenvalue weighted by Gasteiger charge is 2.41. The van der Waals surface area contributed by atoms with E-state index in [0.29, 0.717) is 6.04 Å². The van der Waals surface area contributed by atoms with Gasteiger partial charge in [-0.25, -0.2) is 0 Å². The molecule has 0 radical (unpaired) electrons. The highest BCUT2D eigenvalue weighted by atomic mass is 16.5. The van der Waals surface area contributed by atoms with Crippen molar-refractivity contribution in [3.8, 4) is 0 Å². The maximum Gasteiger partial charge on any atom is 0.0837 e. The van der Waals surface area contributed by atoms with E-state index < -0.39 is 0 Å². The molecule has 100 valence electrons. The van der Waals surface area contributed by atoms with Gasteiger partial charge in [-0.3, -0.25) is 0 Å². The molecule has 0 aromatic carbocycles. The van der Waals surface area contributed by atoms with Gasteiger partial charge in [-0.15, -0.1) is 6.58 Å². The van der Waals surface area contributed by atoms with Gasteiger partial charge in [-0.1, -0.05) is 12.5 Å². The first-order valence-corrected chi connectivity index (χ1v) is 6.99. The second-order valence-corrected chi connectivity index (χ2v) is 5.68. The summed E-state index contributed by atoms with van der Waals surface area (Å²) in [6, 6.07) is 0.410. The van der Waals surface area contributed by atoms with Crippen molar-refractivity contribution < 1.29 is 4.74 Å². The van der Waals surface area contributed by atoms with Crippen LogP contribution in [0.15, 0.2) is 12.2 Å². The zero-order valence-corrected chi connectivity index (χ0v) is 12.0. The molecule has 0 spiro atoms. The second-order valence-electron chi connectivity index (χ2n) is 5.68. The molecule has 2 nitrogen and oxygen atoms in total. The molecule has 0 heterocycles. The lowest BCUT2D eigenvalue weighted by atomic mass is 9.74. The molecule has 2 heteroatoms. The zero-order chi connectivity index (χ0) is 12.9. The Kier molecular flexibility index (Phi) is 5.68. The molecule has 0 aromatic rings. The standard InChI is InChI=1S/C15H29NO/c1-6-17-15(9-7-13(4)8-10-15)14(16-5)11-12(2)3/h13-14,16H,2,6-11H2,1,3-5H3. The fraction of sp³-hybridized carbons (Fsp3) is 0.867. The number of nitrogens with one attached hydrogen (secondary N) is 1. The van der Waals surface area contributed by atoms with E-state index in [2.05, 4.69) is 32.7 Å². The molecule has 1 saturated carbocycles. The van der Waals surface area contributed by atoms with Crippen LogP contribution in [0.3, 0.4) is 0 Å². The summed E-state index contributed by atoms with van der Waals surface area (Å²) >= 11 is 0. The van der Waals surface area contributed by atoms with Crippen LogP contribution in [0.25, 0.3) is 0 Å². The minimum absolute atomic E-state index is 0.0367. The number of rotatable bonds is 6. The molecule has 1 aliphatic rings. The number of hydrogen-bond acceptors (Lipinski definition) is 2. The Balaban J connectivity index is 2.77. The molecule has 1 rings (SSSR count). The van der Waals surface area contributed by atoms with E-state index in [1.54, 1.807) is 0 Å². The molecule has 1 aliphatic carbocycles. The van der Waals surface area contributed by atoms with Gasteiger partial charge in [0.1, 0.15) is 0 Å². The Bertz CT molecular complexity index is 241. The SMILES string of the molecule is C=C(C)CC(NC)C1(OCC)CCC(C)CC1. The van der Waals surface area contributed by atoms with E-state index in [4.69, 9.17) is 4.74 Å². The largest absolute Gasteiger partial charge is 0.374 e. The van der Waals surface area contributed by atoms with Gasteiger partial charge in [0.05, 0.1) is 5.60 Å². The first-order valence-electron chi connectivity index (χ1n) is 6.99. The molecule has 1 unspecified atom stereocenters. The Labute approximate surface area is 107 Å². The predicted molar refractivity (Wildman–Crippen MR) is 74.3 cm³/mol. The topological polar surface area (TPSA) is 21.3 Å². The average Bonchev–Trinajstić information content (AvgIpc) is 2.29. The van der Waals surface area contributed by atoms with Crippen LogP contribution >= 0.6 is 0 Å². The van der Waals surface area contributed by atoms with Crippen molar-refractivity contribution >= 4 is 0 Å². The molecular weight excluding hydrogens is 210 g/mol. The minimum atomic E-state index is 0.0367. The molecule has 1 N–H and O–H groups in total. The van der Waals surface area contributed by atoms with E-state index in [1.807, 2.05) is 7.05 Å². The highest BCUT2D eigenvalue weighted by molar-refractivity contribution is 5.03. The fourth-order valence-electron chi connectivity index (χ4n) is 3.03. The summed E-state index contributed by atoms with van der Waals surface area (Å²) in [4.78, 5) is 0. The lowest BCUT2D eigenvalue weighted by molar-refractivity contribution is -0.0946. The monoisotopic (exact) mass is 239 g/mol. The van der Waals surface area contributed by atoms with Crippen LogP contribution in [0.5, 0.6) is 0 Å². The van der Waals surface area contributed by atoms with Crippen molar-refractivity contribution in [2.75, 3.05) is 13.7 Å². The molecule has 1 atom stereocenters. The van der Waals surface area contributed by atoms with E-state index >= 15 is 0 Å². The number of ether oxygens (including phenoxy) is 1. The normalized spacial score (nSPS) is 31.2. The first kappa shape index (κ1) is 14.7. The minimum Gasteiger partial charge on any atom is -0.374 e. The van der Waals surface area contributed by atoms with Crippen molar-refractivity contribution in [2.24, 2.45) is 5.92 Å². The fourth-order valence-corrected chi connectivity index (χ4v) is 3.03. The lowest BCUT2D eigenvalue weighted by Gasteiger charge is -2.45. The first-order chi connectivity index (χ1) is 8.04. The number of hydrogen-bond donors (Lipinski definition) is 1. The second kappa shape index (κ2) is 6.55. The predicted octanol–water partition coefficient (Wildman–Crippen LogP) is 3.53. The van der Waals surface area contributed by atoms with Gasteiger partial charge in [0.2, 0.25) is 0 Å². The molecule has 1 fully saturated rings. The summed E-state index contributed by atoms with van der Waals surface area (Å²) in [7, 11) is 2.05. The summed E-state index contributed by atoms with van der Waals surface area (Å²) in [5.41, 5.74) is 1.27. The van der Waals surface area contributed by atoms with Crippen LogP contribution < -0.4 is 5.32 Å². The van der Waals surface area contributed by atoms with E-state index in [1.165, 1.54) is 31.3 Å². The van der Waals surface area contributed by atoms with E-state index in [9.17, 15) is 0 Å². The third-order valence-corrected chi connectivity index (χ3v) is 4.09. The van der Waals surface area contributed by atoms with Crippen molar-refractivity contribution in [3.63, 3.8) is 0 Å². The number of likely N-dealkylation sites (N-methyl/N-ethyl adjacent to an activating group) is 1. The van der Waals surface area contributed by atoms with Crippen molar-refractivity contribution in [3.05, 3.63) is 12.2 Å². The summed E-state index contributed by atoms with van der Waals surface area (Å²) in [6.45, 7) is 11.4. The molecule has 0 aliphatic heterocycles.